The van der Waals surface area contributed by atoms with E-state index in [4.69, 9.17) is 24.3 Å². The first-order valence-corrected chi connectivity index (χ1v) is 21.1. The Morgan fingerprint density at radius 2 is 1.10 bits per heavy atom. The van der Waals surface area contributed by atoms with E-state index in [1.165, 1.54) is 57.8 Å². The molecule has 290 valence electrons. The van der Waals surface area contributed by atoms with Crippen LogP contribution >= 0.6 is 7.82 Å². The predicted octanol–water partition coefficient (Wildman–Crippen LogP) is 10.8. The smallest absolute Gasteiger partial charge is 0.462 e. The van der Waals surface area contributed by atoms with Gasteiger partial charge in [0.1, 0.15) is 6.61 Å². The van der Waals surface area contributed by atoms with Crippen LogP contribution in [0.4, 0.5) is 0 Å². The highest BCUT2D eigenvalue weighted by molar-refractivity contribution is 7.47. The SMILES string of the molecule is CC/C=C\C/C=C\C/C=C\C/C=C\CCCCCCC(=O)OC(COC(=O)CCCCCCCCCCCCCC)COP(=O)(O)OCCN. The molecule has 0 radical (unpaired) electrons. The molecule has 10 heteroatoms. The van der Waals surface area contributed by atoms with Crippen LogP contribution in [0.1, 0.15) is 162 Å². The Bertz CT molecular complexity index is 965. The van der Waals surface area contributed by atoms with Gasteiger partial charge in [0, 0.05) is 19.4 Å². The molecule has 0 aromatic heterocycles. The summed E-state index contributed by atoms with van der Waals surface area (Å²) in [5, 5.41) is 0. The van der Waals surface area contributed by atoms with Crippen molar-refractivity contribution in [3.05, 3.63) is 48.6 Å². The fourth-order valence-corrected chi connectivity index (χ4v) is 5.86. The lowest BCUT2D eigenvalue weighted by molar-refractivity contribution is -0.161. The fourth-order valence-electron chi connectivity index (χ4n) is 5.09. The molecule has 0 spiro atoms. The molecule has 0 aliphatic rings. The van der Waals surface area contributed by atoms with Crippen LogP contribution in [0.15, 0.2) is 48.6 Å². The first-order valence-electron chi connectivity index (χ1n) is 19.6. The summed E-state index contributed by atoms with van der Waals surface area (Å²) in [6.07, 6.45) is 39.9. The number of nitrogens with two attached hydrogens (primary N) is 1. The minimum atomic E-state index is -4.38. The van der Waals surface area contributed by atoms with Gasteiger partial charge in [-0.15, -0.1) is 0 Å². The molecule has 50 heavy (non-hydrogen) atoms. The van der Waals surface area contributed by atoms with Gasteiger partial charge in [-0.25, -0.2) is 4.57 Å². The van der Waals surface area contributed by atoms with Gasteiger partial charge in [-0.3, -0.25) is 18.6 Å². The number of carbonyl (C=O) groups is 2. The van der Waals surface area contributed by atoms with Crippen molar-refractivity contribution in [1.82, 2.24) is 0 Å². The van der Waals surface area contributed by atoms with Crippen molar-refractivity contribution in [2.24, 2.45) is 5.73 Å². The molecule has 2 unspecified atom stereocenters. The maximum Gasteiger partial charge on any atom is 0.472 e. The quantitative estimate of drug-likeness (QED) is 0.0280. The van der Waals surface area contributed by atoms with Gasteiger partial charge in [0.2, 0.25) is 0 Å². The van der Waals surface area contributed by atoms with Crippen LogP contribution in [0.5, 0.6) is 0 Å². The average molecular weight is 726 g/mol. The summed E-state index contributed by atoms with van der Waals surface area (Å²) >= 11 is 0. The van der Waals surface area contributed by atoms with Crippen LogP contribution in [0.25, 0.3) is 0 Å². The monoisotopic (exact) mass is 725 g/mol. The molecule has 0 bridgehead atoms. The lowest BCUT2D eigenvalue weighted by Crippen LogP contribution is -2.29. The van der Waals surface area contributed by atoms with E-state index in [9.17, 15) is 19.0 Å². The number of hydrogen-bond acceptors (Lipinski definition) is 8. The molecule has 0 saturated carbocycles. The third kappa shape index (κ3) is 35.8. The van der Waals surface area contributed by atoms with Gasteiger partial charge in [0.05, 0.1) is 13.2 Å². The van der Waals surface area contributed by atoms with Crippen LogP contribution in [0, 0.1) is 0 Å². The molecular weight excluding hydrogens is 653 g/mol. The number of esters is 2. The number of hydrogen-bond donors (Lipinski definition) is 2. The lowest BCUT2D eigenvalue weighted by atomic mass is 10.0. The molecule has 3 N–H and O–H groups in total. The van der Waals surface area contributed by atoms with Crippen molar-refractivity contribution >= 4 is 19.8 Å². The van der Waals surface area contributed by atoms with E-state index >= 15 is 0 Å². The first-order chi connectivity index (χ1) is 24.3. The molecule has 0 aliphatic heterocycles. The topological polar surface area (TPSA) is 134 Å². The second-order valence-electron chi connectivity index (χ2n) is 12.8. The molecule has 0 amide bonds. The highest BCUT2D eigenvalue weighted by Crippen LogP contribution is 2.43. The maximum absolute atomic E-state index is 12.5. The fraction of sp³-hybridized carbons (Fsp3) is 0.750. The molecule has 9 nitrogen and oxygen atoms in total. The molecule has 0 fully saturated rings. The second-order valence-corrected chi connectivity index (χ2v) is 14.2. The summed E-state index contributed by atoms with van der Waals surface area (Å²) in [5.41, 5.74) is 5.33. The number of carbonyl (C=O) groups excluding carboxylic acids is 2. The maximum atomic E-state index is 12.5. The van der Waals surface area contributed by atoms with Crippen LogP contribution in [0.3, 0.4) is 0 Å². The molecule has 2 atom stereocenters. The number of rotatable bonds is 36. The first kappa shape index (κ1) is 48.0. The zero-order chi connectivity index (χ0) is 36.8. The normalized spacial score (nSPS) is 13.9. The Morgan fingerprint density at radius 3 is 1.64 bits per heavy atom. The molecule has 0 saturated heterocycles. The third-order valence-electron chi connectivity index (χ3n) is 7.98. The predicted molar refractivity (Wildman–Crippen MR) is 206 cm³/mol. The van der Waals surface area contributed by atoms with Gasteiger partial charge in [0.15, 0.2) is 6.10 Å². The Hall–Kier alpha value is -2.03. The van der Waals surface area contributed by atoms with Gasteiger partial charge in [-0.1, -0.05) is 146 Å². The zero-order valence-electron chi connectivity index (χ0n) is 31.6. The number of phosphoric acid groups is 1. The van der Waals surface area contributed by atoms with E-state index in [-0.39, 0.29) is 32.6 Å². The van der Waals surface area contributed by atoms with Crippen molar-refractivity contribution in [3.8, 4) is 0 Å². The highest BCUT2D eigenvalue weighted by atomic mass is 31.2. The highest BCUT2D eigenvalue weighted by Gasteiger charge is 2.25. The summed E-state index contributed by atoms with van der Waals surface area (Å²) in [6, 6.07) is 0. The van der Waals surface area contributed by atoms with Crippen molar-refractivity contribution in [2.45, 2.75) is 168 Å². The minimum Gasteiger partial charge on any atom is -0.462 e. The Balaban J connectivity index is 4.26. The van der Waals surface area contributed by atoms with Crippen LogP contribution in [0.2, 0.25) is 0 Å². The Labute approximate surface area is 305 Å². The summed E-state index contributed by atoms with van der Waals surface area (Å²) < 4.78 is 32.6. The largest absolute Gasteiger partial charge is 0.472 e. The summed E-state index contributed by atoms with van der Waals surface area (Å²) in [6.45, 7) is 3.57. The van der Waals surface area contributed by atoms with Gasteiger partial charge in [0.25, 0.3) is 0 Å². The summed E-state index contributed by atoms with van der Waals surface area (Å²) in [7, 11) is -4.38. The van der Waals surface area contributed by atoms with E-state index in [1.807, 2.05) is 0 Å². The number of unbranched alkanes of at least 4 members (excludes halogenated alkanes) is 15. The van der Waals surface area contributed by atoms with Crippen LogP contribution in [-0.4, -0.2) is 49.3 Å². The van der Waals surface area contributed by atoms with Crippen molar-refractivity contribution < 1.29 is 37.6 Å². The number of allylic oxidation sites excluding steroid dienone is 8. The standard InChI is InChI=1S/C40H72NO8P/c1-3-5-7-9-11-13-15-17-18-19-20-21-23-25-27-29-31-33-40(43)49-38(37-48-50(44,45)47-35-34-41)36-46-39(42)32-30-28-26-24-22-16-14-12-10-8-6-4-2/h5,7,11,13,17-18,20-21,38H,3-4,6,8-10,12,14-16,19,22-37,41H2,1-2H3,(H,44,45)/b7-5-,13-11-,18-17-,21-20-. The molecule has 0 rings (SSSR count). The van der Waals surface area contributed by atoms with Crippen LogP contribution in [-0.2, 0) is 32.7 Å². The van der Waals surface area contributed by atoms with E-state index in [0.29, 0.717) is 6.42 Å². The Morgan fingerprint density at radius 1 is 0.620 bits per heavy atom. The zero-order valence-corrected chi connectivity index (χ0v) is 32.5. The van der Waals surface area contributed by atoms with E-state index in [1.54, 1.807) is 0 Å². The van der Waals surface area contributed by atoms with Crippen molar-refractivity contribution in [3.63, 3.8) is 0 Å². The molecular formula is C40H72NO8P. The van der Waals surface area contributed by atoms with Gasteiger partial charge < -0.3 is 20.1 Å². The van der Waals surface area contributed by atoms with E-state index in [2.05, 4.69) is 62.5 Å². The molecule has 0 aromatic rings. The summed E-state index contributed by atoms with van der Waals surface area (Å²) in [4.78, 5) is 34.7. The second kappa shape index (κ2) is 36.8. The van der Waals surface area contributed by atoms with Crippen molar-refractivity contribution in [2.75, 3.05) is 26.4 Å². The minimum absolute atomic E-state index is 0.0481. The Kier molecular flexibility index (Phi) is 35.3. The number of ether oxygens (including phenoxy) is 2. The van der Waals surface area contributed by atoms with Gasteiger partial charge in [-0.2, -0.15) is 0 Å². The number of phosphoric ester groups is 1. The average Bonchev–Trinajstić information content (AvgIpc) is 3.10. The third-order valence-corrected chi connectivity index (χ3v) is 8.96. The van der Waals surface area contributed by atoms with E-state index in [0.717, 1.165) is 70.6 Å². The molecule has 0 aromatic carbocycles. The lowest BCUT2D eigenvalue weighted by Gasteiger charge is -2.19. The van der Waals surface area contributed by atoms with Gasteiger partial charge in [-0.05, 0) is 51.4 Å². The van der Waals surface area contributed by atoms with E-state index < -0.39 is 32.5 Å². The van der Waals surface area contributed by atoms with Crippen molar-refractivity contribution in [1.29, 1.82) is 0 Å². The van der Waals surface area contributed by atoms with Gasteiger partial charge >= 0.3 is 19.8 Å². The summed E-state index contributed by atoms with van der Waals surface area (Å²) in [5.74, 6) is -0.858. The molecule has 0 heterocycles. The van der Waals surface area contributed by atoms with Crippen LogP contribution < -0.4 is 5.73 Å². The molecule has 0 aliphatic carbocycles.